The molecule has 0 aromatic rings. The second-order valence-corrected chi connectivity index (χ2v) is 1.94. The fraction of sp³-hybridized carbons (Fsp3) is 0.714. The molecule has 3 heteroatoms. The van der Waals surface area contributed by atoms with Gasteiger partial charge in [-0.2, -0.15) is 0 Å². The van der Waals surface area contributed by atoms with Crippen LogP contribution in [0.1, 0.15) is 6.42 Å². The zero-order chi connectivity index (χ0) is 7.82. The highest BCUT2D eigenvalue weighted by atomic mass is 35.5. The maximum Gasteiger partial charge on any atom is 0.221 e. The predicted octanol–water partition coefficient (Wildman–Crippen LogP) is 1.24. The van der Waals surface area contributed by atoms with Gasteiger partial charge in [-0.3, -0.25) is 0 Å². The summed E-state index contributed by atoms with van der Waals surface area (Å²) in [6, 6.07) is 0. The lowest BCUT2D eigenvalue weighted by atomic mass is 10.4. The standard InChI is InChI=1S/C7H11ClO2/c1-9-7(10-2)5-3-4-6-8/h7H,4,6H2,1-2H3. The summed E-state index contributed by atoms with van der Waals surface area (Å²) in [4.78, 5) is 0. The lowest BCUT2D eigenvalue weighted by Crippen LogP contribution is -2.09. The van der Waals surface area contributed by atoms with Gasteiger partial charge in [-0.25, -0.2) is 0 Å². The van der Waals surface area contributed by atoms with Crippen LogP contribution in [0.5, 0.6) is 0 Å². The Hall–Kier alpha value is -0.230. The van der Waals surface area contributed by atoms with Crippen molar-refractivity contribution >= 4 is 11.6 Å². The topological polar surface area (TPSA) is 18.5 Å². The predicted molar refractivity (Wildman–Crippen MR) is 40.9 cm³/mol. The maximum atomic E-state index is 5.39. The van der Waals surface area contributed by atoms with Crippen LogP contribution in [0.3, 0.4) is 0 Å². The van der Waals surface area contributed by atoms with Gasteiger partial charge in [-0.15, -0.1) is 11.6 Å². The van der Waals surface area contributed by atoms with Crippen molar-refractivity contribution in [1.82, 2.24) is 0 Å². The van der Waals surface area contributed by atoms with Crippen molar-refractivity contribution in [3.05, 3.63) is 0 Å². The van der Waals surface area contributed by atoms with Crippen molar-refractivity contribution in [2.75, 3.05) is 20.1 Å². The van der Waals surface area contributed by atoms with Gasteiger partial charge < -0.3 is 9.47 Å². The number of halogens is 1. The lowest BCUT2D eigenvalue weighted by molar-refractivity contribution is -0.0595. The van der Waals surface area contributed by atoms with Crippen molar-refractivity contribution in [3.8, 4) is 11.8 Å². The van der Waals surface area contributed by atoms with Crippen molar-refractivity contribution in [2.24, 2.45) is 0 Å². The molecule has 0 saturated carbocycles. The van der Waals surface area contributed by atoms with Crippen molar-refractivity contribution in [2.45, 2.75) is 12.7 Å². The van der Waals surface area contributed by atoms with Crippen LogP contribution in [0.4, 0.5) is 0 Å². The van der Waals surface area contributed by atoms with Gasteiger partial charge in [0.05, 0.1) is 0 Å². The third-order valence-electron chi connectivity index (χ3n) is 0.868. The van der Waals surface area contributed by atoms with Gasteiger partial charge >= 0.3 is 0 Å². The van der Waals surface area contributed by atoms with Crippen LogP contribution in [-0.2, 0) is 9.47 Å². The SMILES string of the molecule is COC(C#CCCCl)OC. The molecule has 0 N–H and O–H groups in total. The third kappa shape index (κ3) is 4.63. The molecule has 0 aliphatic heterocycles. The minimum atomic E-state index is -0.414. The van der Waals surface area contributed by atoms with E-state index in [1.54, 1.807) is 14.2 Å². The quantitative estimate of drug-likeness (QED) is 0.353. The van der Waals surface area contributed by atoms with E-state index in [9.17, 15) is 0 Å². The molecule has 0 atom stereocenters. The maximum absolute atomic E-state index is 5.39. The molecule has 0 heterocycles. The first-order valence-corrected chi connectivity index (χ1v) is 3.48. The molecule has 0 unspecified atom stereocenters. The summed E-state index contributed by atoms with van der Waals surface area (Å²) in [5.41, 5.74) is 0. The minimum absolute atomic E-state index is 0.414. The summed E-state index contributed by atoms with van der Waals surface area (Å²) in [6.07, 6.45) is 0.258. The van der Waals surface area contributed by atoms with Gasteiger partial charge in [0, 0.05) is 26.5 Å². The lowest BCUT2D eigenvalue weighted by Gasteiger charge is -2.03. The van der Waals surface area contributed by atoms with Gasteiger partial charge in [0.15, 0.2) is 0 Å². The smallest absolute Gasteiger partial charge is 0.221 e. The molecule has 0 aromatic carbocycles. The Labute approximate surface area is 66.5 Å². The first-order chi connectivity index (χ1) is 4.85. The number of methoxy groups -OCH3 is 2. The van der Waals surface area contributed by atoms with Crippen molar-refractivity contribution < 1.29 is 9.47 Å². The van der Waals surface area contributed by atoms with Crippen LogP contribution in [0.25, 0.3) is 0 Å². The van der Waals surface area contributed by atoms with Crippen LogP contribution >= 0.6 is 11.6 Å². The molecular formula is C7H11ClO2. The van der Waals surface area contributed by atoms with Crippen LogP contribution < -0.4 is 0 Å². The normalized spacial score (nSPS) is 9.20. The second kappa shape index (κ2) is 6.88. The van der Waals surface area contributed by atoms with Gasteiger partial charge in [-0.05, 0) is 5.92 Å². The minimum Gasteiger partial charge on any atom is -0.345 e. The fourth-order valence-electron chi connectivity index (χ4n) is 0.417. The molecule has 0 aliphatic rings. The molecule has 0 saturated heterocycles. The van der Waals surface area contributed by atoms with E-state index in [0.717, 1.165) is 0 Å². The molecule has 0 bridgehead atoms. The zero-order valence-electron chi connectivity index (χ0n) is 6.19. The van der Waals surface area contributed by atoms with E-state index in [1.807, 2.05) is 0 Å². The Balaban J connectivity index is 3.52. The van der Waals surface area contributed by atoms with E-state index >= 15 is 0 Å². The first-order valence-electron chi connectivity index (χ1n) is 2.95. The highest BCUT2D eigenvalue weighted by Crippen LogP contribution is 1.87. The van der Waals surface area contributed by atoms with Crippen LogP contribution in [0, 0.1) is 11.8 Å². The average molecular weight is 163 g/mol. The molecular weight excluding hydrogens is 152 g/mol. The molecule has 0 spiro atoms. The number of hydrogen-bond acceptors (Lipinski definition) is 2. The summed E-state index contributed by atoms with van der Waals surface area (Å²) in [5.74, 6) is 6.09. The third-order valence-corrected chi connectivity index (χ3v) is 1.06. The Bertz CT molecular complexity index is 121. The highest BCUT2D eigenvalue weighted by Gasteiger charge is 1.95. The van der Waals surface area contributed by atoms with E-state index in [-0.39, 0.29) is 0 Å². The van der Waals surface area contributed by atoms with Gasteiger partial charge in [0.25, 0.3) is 0 Å². The number of ether oxygens (including phenoxy) is 2. The molecule has 0 rings (SSSR count). The van der Waals surface area contributed by atoms with Gasteiger partial charge in [0.1, 0.15) is 0 Å². The highest BCUT2D eigenvalue weighted by molar-refractivity contribution is 6.17. The molecule has 0 radical (unpaired) electrons. The Morgan fingerprint density at radius 1 is 1.40 bits per heavy atom. The molecule has 10 heavy (non-hydrogen) atoms. The Morgan fingerprint density at radius 3 is 2.40 bits per heavy atom. The summed E-state index contributed by atoms with van der Waals surface area (Å²) < 4.78 is 9.61. The van der Waals surface area contributed by atoms with Crippen LogP contribution in [0.2, 0.25) is 0 Å². The largest absolute Gasteiger partial charge is 0.345 e. The van der Waals surface area contributed by atoms with Crippen molar-refractivity contribution in [3.63, 3.8) is 0 Å². The molecule has 0 amide bonds. The molecule has 0 aromatic heterocycles. The molecule has 0 aliphatic carbocycles. The second-order valence-electron chi connectivity index (χ2n) is 1.56. The number of rotatable bonds is 3. The van der Waals surface area contributed by atoms with Crippen LogP contribution in [0.15, 0.2) is 0 Å². The van der Waals surface area contributed by atoms with E-state index in [4.69, 9.17) is 21.1 Å². The summed E-state index contributed by atoms with van der Waals surface area (Å²) >= 11 is 5.39. The van der Waals surface area contributed by atoms with E-state index in [1.165, 1.54) is 0 Å². The average Bonchev–Trinajstić information content (AvgIpc) is 1.99. The molecule has 2 nitrogen and oxygen atoms in total. The number of alkyl halides is 1. The summed E-state index contributed by atoms with van der Waals surface area (Å²) in [7, 11) is 3.09. The van der Waals surface area contributed by atoms with Crippen LogP contribution in [-0.4, -0.2) is 26.4 Å². The Kier molecular flexibility index (Phi) is 6.73. The van der Waals surface area contributed by atoms with Gasteiger partial charge in [-0.1, -0.05) is 5.92 Å². The van der Waals surface area contributed by atoms with Crippen molar-refractivity contribution in [1.29, 1.82) is 0 Å². The van der Waals surface area contributed by atoms with E-state index in [2.05, 4.69) is 11.8 Å². The number of hydrogen-bond donors (Lipinski definition) is 0. The Morgan fingerprint density at radius 2 is 2.00 bits per heavy atom. The first kappa shape index (κ1) is 9.77. The molecule has 0 fully saturated rings. The monoisotopic (exact) mass is 162 g/mol. The summed E-state index contributed by atoms with van der Waals surface area (Å²) in [5, 5.41) is 0. The van der Waals surface area contributed by atoms with Gasteiger partial charge in [0.2, 0.25) is 6.29 Å². The summed E-state index contributed by atoms with van der Waals surface area (Å²) in [6.45, 7) is 0. The molecule has 58 valence electrons. The fourth-order valence-corrected chi connectivity index (χ4v) is 0.511. The van der Waals surface area contributed by atoms with E-state index < -0.39 is 6.29 Å². The van der Waals surface area contributed by atoms with E-state index in [0.29, 0.717) is 12.3 Å². The zero-order valence-corrected chi connectivity index (χ0v) is 6.94.